The van der Waals surface area contributed by atoms with Crippen LogP contribution in [-0.4, -0.2) is 14.7 Å². The molecule has 2 aromatic carbocycles. The van der Waals surface area contributed by atoms with E-state index < -0.39 is 21.6 Å². The lowest BCUT2D eigenvalue weighted by atomic mass is 10.2. The summed E-state index contributed by atoms with van der Waals surface area (Å²) in [6.07, 6.45) is -3.38. The highest BCUT2D eigenvalue weighted by molar-refractivity contribution is 7.90. The Kier molecular flexibility index (Phi) is 4.06. The molecule has 2 rings (SSSR count). The minimum Gasteiger partial charge on any atom is -0.455 e. The van der Waals surface area contributed by atoms with E-state index in [0.717, 1.165) is 30.5 Å². The third kappa shape index (κ3) is 3.70. The monoisotopic (exact) mass is 331 g/mol. The summed E-state index contributed by atoms with van der Waals surface area (Å²) in [5.41, 5.74) is 4.98. The minimum absolute atomic E-state index is 0.0322. The van der Waals surface area contributed by atoms with Crippen LogP contribution in [-0.2, 0) is 16.0 Å². The first-order valence-electron chi connectivity index (χ1n) is 6.02. The number of hydrogen-bond acceptors (Lipinski definition) is 4. The van der Waals surface area contributed by atoms with Gasteiger partial charge in [0.2, 0.25) is 0 Å². The summed E-state index contributed by atoms with van der Waals surface area (Å²) in [5.74, 6) is 0.318. The molecule has 8 heteroatoms. The lowest BCUT2D eigenvalue weighted by molar-refractivity contribution is -0.137. The van der Waals surface area contributed by atoms with Crippen LogP contribution >= 0.6 is 0 Å². The van der Waals surface area contributed by atoms with Gasteiger partial charge in [0.15, 0.2) is 9.84 Å². The lowest BCUT2D eigenvalue weighted by Gasteiger charge is -2.11. The highest BCUT2D eigenvalue weighted by atomic mass is 32.2. The number of nitrogen functional groups attached to an aromatic ring is 1. The average Bonchev–Trinajstić information content (AvgIpc) is 2.39. The molecule has 0 saturated carbocycles. The second-order valence-electron chi connectivity index (χ2n) is 4.60. The van der Waals surface area contributed by atoms with Gasteiger partial charge in [-0.3, -0.25) is 0 Å². The fourth-order valence-electron chi connectivity index (χ4n) is 1.69. The molecule has 0 amide bonds. The Morgan fingerprint density at radius 3 is 2.09 bits per heavy atom. The van der Waals surface area contributed by atoms with Crippen LogP contribution in [0.15, 0.2) is 47.4 Å². The van der Waals surface area contributed by atoms with Gasteiger partial charge in [-0.25, -0.2) is 8.42 Å². The van der Waals surface area contributed by atoms with Crippen LogP contribution in [0.4, 0.5) is 18.9 Å². The second kappa shape index (κ2) is 5.53. The van der Waals surface area contributed by atoms with Gasteiger partial charge in [0.05, 0.1) is 16.1 Å². The van der Waals surface area contributed by atoms with Gasteiger partial charge < -0.3 is 10.5 Å². The van der Waals surface area contributed by atoms with Crippen molar-refractivity contribution in [2.45, 2.75) is 11.1 Å². The number of anilines is 1. The van der Waals surface area contributed by atoms with Crippen LogP contribution in [0.5, 0.6) is 11.5 Å². The zero-order valence-electron chi connectivity index (χ0n) is 11.4. The number of halogens is 3. The van der Waals surface area contributed by atoms with Gasteiger partial charge in [0.1, 0.15) is 11.5 Å². The van der Waals surface area contributed by atoms with E-state index >= 15 is 0 Å². The van der Waals surface area contributed by atoms with Gasteiger partial charge in [0, 0.05) is 6.26 Å². The largest absolute Gasteiger partial charge is 0.455 e. The first-order chi connectivity index (χ1) is 10.1. The molecule has 4 nitrogen and oxygen atoms in total. The van der Waals surface area contributed by atoms with Crippen molar-refractivity contribution in [1.29, 1.82) is 0 Å². The van der Waals surface area contributed by atoms with Gasteiger partial charge >= 0.3 is 6.18 Å². The van der Waals surface area contributed by atoms with Crippen molar-refractivity contribution in [3.8, 4) is 11.5 Å². The molecule has 0 spiro atoms. The summed E-state index contributed by atoms with van der Waals surface area (Å²) in [6.45, 7) is 0. The zero-order valence-corrected chi connectivity index (χ0v) is 12.2. The molecule has 22 heavy (non-hydrogen) atoms. The molecule has 0 aliphatic rings. The molecule has 0 bridgehead atoms. The number of alkyl halides is 3. The van der Waals surface area contributed by atoms with Gasteiger partial charge in [-0.1, -0.05) is 0 Å². The van der Waals surface area contributed by atoms with Gasteiger partial charge in [-0.2, -0.15) is 13.2 Å². The number of rotatable bonds is 3. The van der Waals surface area contributed by atoms with Crippen molar-refractivity contribution in [3.63, 3.8) is 0 Å². The smallest absolute Gasteiger partial charge is 0.416 e. The molecule has 0 aliphatic heterocycles. The van der Waals surface area contributed by atoms with E-state index in [1.165, 1.54) is 18.2 Å². The quantitative estimate of drug-likeness (QED) is 0.874. The molecule has 0 radical (unpaired) electrons. The Morgan fingerprint density at radius 1 is 1.05 bits per heavy atom. The Hall–Kier alpha value is -2.22. The van der Waals surface area contributed by atoms with Crippen LogP contribution in [0.25, 0.3) is 0 Å². The Morgan fingerprint density at radius 2 is 1.64 bits per heavy atom. The SMILES string of the molecule is CS(=O)(=O)c1ccc(Oc2ccc(C(F)(F)F)cc2)c(N)c1. The Bertz CT molecular complexity index is 784. The molecular formula is C14H12F3NO3S. The second-order valence-corrected chi connectivity index (χ2v) is 6.61. The molecule has 118 valence electrons. The van der Waals surface area contributed by atoms with E-state index in [1.807, 2.05) is 0 Å². The number of sulfone groups is 1. The molecule has 0 saturated heterocycles. The third-order valence-electron chi connectivity index (χ3n) is 2.82. The summed E-state index contributed by atoms with van der Waals surface area (Å²) in [5, 5.41) is 0. The first-order valence-corrected chi connectivity index (χ1v) is 7.91. The third-order valence-corrected chi connectivity index (χ3v) is 3.93. The molecule has 0 aromatic heterocycles. The molecule has 0 heterocycles. The molecule has 2 aromatic rings. The fourth-order valence-corrected chi connectivity index (χ4v) is 2.35. The van der Waals surface area contributed by atoms with Crippen molar-refractivity contribution >= 4 is 15.5 Å². The van der Waals surface area contributed by atoms with Crippen molar-refractivity contribution in [2.75, 3.05) is 12.0 Å². The Balaban J connectivity index is 2.24. The van der Waals surface area contributed by atoms with E-state index in [-0.39, 0.29) is 22.1 Å². The summed E-state index contributed by atoms with van der Waals surface area (Å²) in [7, 11) is -3.40. The maximum Gasteiger partial charge on any atom is 0.416 e. The molecular weight excluding hydrogens is 319 g/mol. The highest BCUT2D eigenvalue weighted by Gasteiger charge is 2.30. The van der Waals surface area contributed by atoms with E-state index in [9.17, 15) is 21.6 Å². The molecule has 0 fully saturated rings. The maximum atomic E-state index is 12.4. The average molecular weight is 331 g/mol. The normalized spacial score (nSPS) is 12.2. The van der Waals surface area contributed by atoms with Gasteiger partial charge in [-0.05, 0) is 42.5 Å². The molecule has 0 aliphatic carbocycles. The van der Waals surface area contributed by atoms with E-state index in [0.29, 0.717) is 0 Å². The van der Waals surface area contributed by atoms with Gasteiger partial charge in [-0.15, -0.1) is 0 Å². The van der Waals surface area contributed by atoms with E-state index in [4.69, 9.17) is 10.5 Å². The minimum atomic E-state index is -4.42. The number of ether oxygens (including phenoxy) is 1. The first kappa shape index (κ1) is 16.2. The Labute approximate surface area is 125 Å². The fraction of sp³-hybridized carbons (Fsp3) is 0.143. The summed E-state index contributed by atoms with van der Waals surface area (Å²) < 4.78 is 65.5. The summed E-state index contributed by atoms with van der Waals surface area (Å²) >= 11 is 0. The summed E-state index contributed by atoms with van der Waals surface area (Å²) in [4.78, 5) is 0.0322. The van der Waals surface area contributed by atoms with Crippen molar-refractivity contribution < 1.29 is 26.3 Å². The number of nitrogens with two attached hydrogens (primary N) is 1. The van der Waals surface area contributed by atoms with Gasteiger partial charge in [0.25, 0.3) is 0 Å². The van der Waals surface area contributed by atoms with E-state index in [1.54, 1.807) is 0 Å². The van der Waals surface area contributed by atoms with Crippen molar-refractivity contribution in [2.24, 2.45) is 0 Å². The standard InChI is InChI=1S/C14H12F3NO3S/c1-22(19,20)11-6-7-13(12(18)8-11)21-10-4-2-9(3-5-10)14(15,16)17/h2-8H,18H2,1H3. The van der Waals surface area contributed by atoms with Crippen LogP contribution in [0.3, 0.4) is 0 Å². The summed E-state index contributed by atoms with van der Waals surface area (Å²) in [6, 6.07) is 7.98. The van der Waals surface area contributed by atoms with Crippen molar-refractivity contribution in [3.05, 3.63) is 48.0 Å². The molecule has 0 atom stereocenters. The molecule has 0 unspecified atom stereocenters. The topological polar surface area (TPSA) is 69.4 Å². The lowest BCUT2D eigenvalue weighted by Crippen LogP contribution is -2.04. The van der Waals surface area contributed by atoms with Crippen LogP contribution in [0.1, 0.15) is 5.56 Å². The predicted octanol–water partition coefficient (Wildman–Crippen LogP) is 3.48. The zero-order chi connectivity index (χ0) is 16.5. The van der Waals surface area contributed by atoms with Crippen molar-refractivity contribution in [1.82, 2.24) is 0 Å². The van der Waals surface area contributed by atoms with E-state index in [2.05, 4.69) is 0 Å². The van der Waals surface area contributed by atoms with Crippen LogP contribution in [0, 0.1) is 0 Å². The molecule has 2 N–H and O–H groups in total. The number of hydrogen-bond donors (Lipinski definition) is 1. The van der Waals surface area contributed by atoms with Crippen LogP contribution in [0.2, 0.25) is 0 Å². The maximum absolute atomic E-state index is 12.4. The van der Waals surface area contributed by atoms with Crippen LogP contribution < -0.4 is 10.5 Å². The predicted molar refractivity (Wildman–Crippen MR) is 75.5 cm³/mol. The number of benzene rings is 2. The highest BCUT2D eigenvalue weighted by Crippen LogP contribution is 2.33.